The van der Waals surface area contributed by atoms with Crippen LogP contribution in [0.15, 0.2) is 0 Å². The van der Waals surface area contributed by atoms with E-state index in [9.17, 15) is 4.79 Å². The first-order valence-electron chi connectivity index (χ1n) is 6.52. The van der Waals surface area contributed by atoms with Crippen LogP contribution < -0.4 is 0 Å². The van der Waals surface area contributed by atoms with Crippen LogP contribution in [0.25, 0.3) is 0 Å². The third kappa shape index (κ3) is 4.12. The lowest BCUT2D eigenvalue weighted by atomic mass is 10.1. The molecule has 0 aromatic carbocycles. The van der Waals surface area contributed by atoms with Gasteiger partial charge in [-0.3, -0.25) is 9.69 Å². The van der Waals surface area contributed by atoms with Crippen molar-refractivity contribution in [2.75, 3.05) is 26.2 Å². The SMILES string of the molecule is CC(C)CCC(=O)N1CCN(C(C)C)CC1. The fraction of sp³-hybridized carbons (Fsp3) is 0.923. The van der Waals surface area contributed by atoms with Crippen LogP contribution in [0.3, 0.4) is 0 Å². The molecule has 0 spiro atoms. The molecule has 1 amide bonds. The Hall–Kier alpha value is -0.570. The monoisotopic (exact) mass is 226 g/mol. The molecule has 0 radical (unpaired) electrons. The van der Waals surface area contributed by atoms with Crippen LogP contribution in [0.2, 0.25) is 0 Å². The highest BCUT2D eigenvalue weighted by Gasteiger charge is 2.21. The van der Waals surface area contributed by atoms with Crippen LogP contribution in [-0.2, 0) is 4.79 Å². The van der Waals surface area contributed by atoms with Gasteiger partial charge in [0.25, 0.3) is 0 Å². The molecule has 1 aliphatic rings. The van der Waals surface area contributed by atoms with Gasteiger partial charge in [0.15, 0.2) is 0 Å². The van der Waals surface area contributed by atoms with E-state index in [-0.39, 0.29) is 0 Å². The van der Waals surface area contributed by atoms with Gasteiger partial charge in [0, 0.05) is 38.6 Å². The van der Waals surface area contributed by atoms with Crippen molar-refractivity contribution in [3.8, 4) is 0 Å². The van der Waals surface area contributed by atoms with Crippen LogP contribution in [-0.4, -0.2) is 47.9 Å². The number of hydrogen-bond acceptors (Lipinski definition) is 2. The molecule has 0 saturated carbocycles. The quantitative estimate of drug-likeness (QED) is 0.732. The molecular weight excluding hydrogens is 200 g/mol. The molecule has 94 valence electrons. The van der Waals surface area contributed by atoms with Gasteiger partial charge in [-0.2, -0.15) is 0 Å². The summed E-state index contributed by atoms with van der Waals surface area (Å²) < 4.78 is 0. The predicted molar refractivity (Wildman–Crippen MR) is 67.4 cm³/mol. The fourth-order valence-corrected chi connectivity index (χ4v) is 2.06. The zero-order valence-electron chi connectivity index (χ0n) is 11.2. The second-order valence-electron chi connectivity index (χ2n) is 5.44. The summed E-state index contributed by atoms with van der Waals surface area (Å²) in [5.41, 5.74) is 0. The number of amides is 1. The molecule has 1 aliphatic heterocycles. The average molecular weight is 226 g/mol. The van der Waals surface area contributed by atoms with E-state index in [1.807, 2.05) is 4.90 Å². The van der Waals surface area contributed by atoms with Crippen LogP contribution in [0.1, 0.15) is 40.5 Å². The smallest absolute Gasteiger partial charge is 0.222 e. The number of nitrogens with zero attached hydrogens (tertiary/aromatic N) is 2. The molecule has 0 bridgehead atoms. The molecule has 3 heteroatoms. The fourth-order valence-electron chi connectivity index (χ4n) is 2.06. The molecule has 0 N–H and O–H groups in total. The van der Waals surface area contributed by atoms with E-state index in [0.29, 0.717) is 17.9 Å². The van der Waals surface area contributed by atoms with Crippen molar-refractivity contribution in [3.05, 3.63) is 0 Å². The number of piperazine rings is 1. The largest absolute Gasteiger partial charge is 0.340 e. The Kier molecular flexibility index (Phi) is 5.26. The van der Waals surface area contributed by atoms with E-state index >= 15 is 0 Å². The maximum Gasteiger partial charge on any atom is 0.222 e. The summed E-state index contributed by atoms with van der Waals surface area (Å²) in [6.07, 6.45) is 1.74. The average Bonchev–Trinajstić information content (AvgIpc) is 2.26. The highest BCUT2D eigenvalue weighted by molar-refractivity contribution is 5.76. The lowest BCUT2D eigenvalue weighted by Crippen LogP contribution is -2.50. The summed E-state index contributed by atoms with van der Waals surface area (Å²) in [5.74, 6) is 0.970. The van der Waals surface area contributed by atoms with Crippen molar-refractivity contribution in [1.29, 1.82) is 0 Å². The molecule has 1 fully saturated rings. The molecule has 3 nitrogen and oxygen atoms in total. The van der Waals surface area contributed by atoms with Gasteiger partial charge in [-0.15, -0.1) is 0 Å². The summed E-state index contributed by atoms with van der Waals surface area (Å²) in [4.78, 5) is 16.4. The number of carbonyl (C=O) groups excluding carboxylic acids is 1. The predicted octanol–water partition coefficient (Wildman–Crippen LogP) is 1.98. The minimum atomic E-state index is 0.345. The van der Waals surface area contributed by atoms with Gasteiger partial charge in [0.05, 0.1) is 0 Å². The molecule has 1 heterocycles. The summed E-state index contributed by atoms with van der Waals surface area (Å²) in [5, 5.41) is 0. The molecule has 1 saturated heterocycles. The summed E-state index contributed by atoms with van der Waals surface area (Å²) in [7, 11) is 0. The number of carbonyl (C=O) groups is 1. The van der Waals surface area contributed by atoms with Crippen LogP contribution in [0.5, 0.6) is 0 Å². The lowest BCUT2D eigenvalue weighted by Gasteiger charge is -2.37. The topological polar surface area (TPSA) is 23.6 Å². The van der Waals surface area contributed by atoms with E-state index in [1.165, 1.54) is 0 Å². The summed E-state index contributed by atoms with van der Waals surface area (Å²) >= 11 is 0. The van der Waals surface area contributed by atoms with E-state index in [4.69, 9.17) is 0 Å². The van der Waals surface area contributed by atoms with Crippen molar-refractivity contribution in [2.45, 2.75) is 46.6 Å². The Labute approximate surface area is 99.8 Å². The van der Waals surface area contributed by atoms with Crippen molar-refractivity contribution in [1.82, 2.24) is 9.80 Å². The second kappa shape index (κ2) is 6.24. The number of rotatable bonds is 4. The van der Waals surface area contributed by atoms with Crippen molar-refractivity contribution in [3.63, 3.8) is 0 Å². The Morgan fingerprint density at radius 2 is 1.62 bits per heavy atom. The normalized spacial score (nSPS) is 18.5. The molecule has 0 aromatic heterocycles. The van der Waals surface area contributed by atoms with Crippen molar-refractivity contribution in [2.24, 2.45) is 5.92 Å². The third-order valence-electron chi connectivity index (χ3n) is 3.33. The van der Waals surface area contributed by atoms with Gasteiger partial charge in [0.2, 0.25) is 5.91 Å². The molecule has 16 heavy (non-hydrogen) atoms. The Morgan fingerprint density at radius 1 is 1.06 bits per heavy atom. The Morgan fingerprint density at radius 3 is 2.06 bits per heavy atom. The van der Waals surface area contributed by atoms with E-state index < -0.39 is 0 Å². The van der Waals surface area contributed by atoms with Crippen molar-refractivity contribution >= 4 is 5.91 Å². The van der Waals surface area contributed by atoms with Gasteiger partial charge in [0.1, 0.15) is 0 Å². The zero-order chi connectivity index (χ0) is 12.1. The maximum absolute atomic E-state index is 11.9. The molecule has 0 aliphatic carbocycles. The van der Waals surface area contributed by atoms with Gasteiger partial charge in [-0.25, -0.2) is 0 Å². The summed E-state index contributed by atoms with van der Waals surface area (Å²) in [6, 6.07) is 0.605. The molecule has 0 unspecified atom stereocenters. The highest BCUT2D eigenvalue weighted by atomic mass is 16.2. The number of hydrogen-bond donors (Lipinski definition) is 0. The first-order valence-corrected chi connectivity index (χ1v) is 6.52. The van der Waals surface area contributed by atoms with E-state index in [2.05, 4.69) is 32.6 Å². The minimum absolute atomic E-state index is 0.345. The lowest BCUT2D eigenvalue weighted by molar-refractivity contribution is -0.133. The second-order valence-corrected chi connectivity index (χ2v) is 5.44. The Bertz CT molecular complexity index is 218. The molecule has 0 aromatic rings. The maximum atomic E-state index is 11.9. The Balaban J connectivity index is 2.27. The molecule has 1 rings (SSSR count). The standard InChI is InChI=1S/C13H26N2O/c1-11(2)5-6-13(16)15-9-7-14(8-10-15)12(3)4/h11-12H,5-10H2,1-4H3. The summed E-state index contributed by atoms with van der Waals surface area (Å²) in [6.45, 7) is 12.7. The van der Waals surface area contributed by atoms with Gasteiger partial charge < -0.3 is 4.90 Å². The third-order valence-corrected chi connectivity index (χ3v) is 3.33. The van der Waals surface area contributed by atoms with E-state index in [1.54, 1.807) is 0 Å². The van der Waals surface area contributed by atoms with Gasteiger partial charge in [-0.1, -0.05) is 13.8 Å². The molecule has 0 atom stereocenters. The van der Waals surface area contributed by atoms with Gasteiger partial charge >= 0.3 is 0 Å². The zero-order valence-corrected chi connectivity index (χ0v) is 11.2. The highest BCUT2D eigenvalue weighted by Crippen LogP contribution is 2.10. The first-order chi connectivity index (χ1) is 7.50. The van der Waals surface area contributed by atoms with Crippen LogP contribution in [0, 0.1) is 5.92 Å². The first kappa shape index (κ1) is 13.5. The van der Waals surface area contributed by atoms with Gasteiger partial charge in [-0.05, 0) is 26.2 Å². The molecular formula is C13H26N2O. The van der Waals surface area contributed by atoms with Crippen LogP contribution >= 0.6 is 0 Å². The minimum Gasteiger partial charge on any atom is -0.340 e. The van der Waals surface area contributed by atoms with Crippen molar-refractivity contribution < 1.29 is 4.79 Å². The van der Waals surface area contributed by atoms with E-state index in [0.717, 1.165) is 39.0 Å². The van der Waals surface area contributed by atoms with Crippen LogP contribution in [0.4, 0.5) is 0 Å².